The second-order valence-corrected chi connectivity index (χ2v) is 7.75. The number of nitrogens with one attached hydrogen (secondary N) is 2. The first-order valence-electron chi connectivity index (χ1n) is 10.5. The summed E-state index contributed by atoms with van der Waals surface area (Å²) in [7, 11) is 0. The van der Waals surface area contributed by atoms with Crippen LogP contribution in [-0.4, -0.2) is 17.8 Å². The van der Waals surface area contributed by atoms with Crippen LogP contribution in [0.5, 0.6) is 0 Å². The quantitative estimate of drug-likeness (QED) is 0.368. The first-order valence-corrected chi connectivity index (χ1v) is 10.5. The van der Waals surface area contributed by atoms with Gasteiger partial charge in [-0.15, -0.1) is 0 Å². The Kier molecular flexibility index (Phi) is 5.22. The number of nitrogens with zero attached hydrogens (tertiary/aromatic N) is 2. The maximum Gasteiger partial charge on any atom is 0.287 e. The summed E-state index contributed by atoms with van der Waals surface area (Å²) >= 11 is 0. The molecule has 5 rings (SSSR count). The van der Waals surface area contributed by atoms with Gasteiger partial charge in [-0.1, -0.05) is 103 Å². The van der Waals surface area contributed by atoms with Crippen LogP contribution in [0.15, 0.2) is 113 Å². The van der Waals surface area contributed by atoms with Crippen LogP contribution in [0.25, 0.3) is 10.8 Å². The van der Waals surface area contributed by atoms with Crippen LogP contribution in [0.2, 0.25) is 0 Å². The number of benzene rings is 4. The maximum absolute atomic E-state index is 12.9. The average Bonchev–Trinajstić information content (AvgIpc) is 3.32. The van der Waals surface area contributed by atoms with Crippen LogP contribution in [0.1, 0.15) is 23.1 Å². The molecule has 0 saturated heterocycles. The lowest BCUT2D eigenvalue weighted by Crippen LogP contribution is -2.38. The molecule has 0 spiro atoms. The van der Waals surface area contributed by atoms with Gasteiger partial charge >= 0.3 is 0 Å². The molecule has 1 amide bonds. The molecule has 0 aliphatic carbocycles. The SMILES string of the molecule is O=C(N/N=C/c1cccc2ccccc12)C1=NNC(c2ccccc2)(c2ccccc2)C1. The van der Waals surface area contributed by atoms with E-state index in [9.17, 15) is 4.79 Å². The minimum atomic E-state index is -0.589. The van der Waals surface area contributed by atoms with Crippen molar-refractivity contribution < 1.29 is 4.79 Å². The third kappa shape index (κ3) is 3.65. The Morgan fingerprint density at radius 3 is 2.19 bits per heavy atom. The van der Waals surface area contributed by atoms with E-state index in [4.69, 9.17) is 0 Å². The minimum Gasteiger partial charge on any atom is -0.294 e. The van der Waals surface area contributed by atoms with Gasteiger partial charge in [-0.3, -0.25) is 10.2 Å². The average molecular weight is 419 g/mol. The lowest BCUT2D eigenvalue weighted by Gasteiger charge is -2.30. The Hall–Kier alpha value is -4.25. The third-order valence-electron chi connectivity index (χ3n) is 5.80. The van der Waals surface area contributed by atoms with Gasteiger partial charge in [-0.2, -0.15) is 10.2 Å². The summed E-state index contributed by atoms with van der Waals surface area (Å²) in [5.74, 6) is -0.317. The molecule has 0 aromatic heterocycles. The van der Waals surface area contributed by atoms with Crippen molar-refractivity contribution in [1.82, 2.24) is 10.9 Å². The van der Waals surface area contributed by atoms with E-state index in [1.54, 1.807) is 6.21 Å². The highest BCUT2D eigenvalue weighted by atomic mass is 16.2. The maximum atomic E-state index is 12.9. The topological polar surface area (TPSA) is 65.8 Å². The number of carbonyl (C=O) groups is 1. The van der Waals surface area contributed by atoms with E-state index in [0.29, 0.717) is 12.1 Å². The van der Waals surface area contributed by atoms with Crippen molar-refractivity contribution in [3.8, 4) is 0 Å². The Morgan fingerprint density at radius 1 is 0.844 bits per heavy atom. The molecule has 1 heterocycles. The van der Waals surface area contributed by atoms with Crippen molar-refractivity contribution in [3.63, 3.8) is 0 Å². The van der Waals surface area contributed by atoms with Crippen LogP contribution in [-0.2, 0) is 10.3 Å². The number of hydrogen-bond acceptors (Lipinski definition) is 4. The fourth-order valence-electron chi connectivity index (χ4n) is 4.16. The van der Waals surface area contributed by atoms with Gasteiger partial charge in [0.1, 0.15) is 11.3 Å². The second-order valence-electron chi connectivity index (χ2n) is 7.75. The standard InChI is InChI=1S/C27H22N4O/c32-26(30-28-19-21-12-9-11-20-10-7-8-17-24(20)21)25-18-27(31-29-25,22-13-3-1-4-14-22)23-15-5-2-6-16-23/h1-17,19,31H,18H2,(H,30,32)/b28-19+. The molecule has 2 N–H and O–H groups in total. The van der Waals surface area contributed by atoms with Gasteiger partial charge in [0.15, 0.2) is 0 Å². The van der Waals surface area contributed by atoms with Gasteiger partial charge in [0, 0.05) is 12.0 Å². The molecular formula is C27H22N4O. The lowest BCUT2D eigenvalue weighted by atomic mass is 9.80. The molecule has 0 saturated carbocycles. The smallest absolute Gasteiger partial charge is 0.287 e. The van der Waals surface area contributed by atoms with Crippen LogP contribution in [0, 0.1) is 0 Å². The zero-order chi connectivity index (χ0) is 21.8. The number of hydrazone groups is 2. The number of fused-ring (bicyclic) bond motifs is 1. The van der Waals surface area contributed by atoms with E-state index in [0.717, 1.165) is 27.5 Å². The zero-order valence-electron chi connectivity index (χ0n) is 17.4. The van der Waals surface area contributed by atoms with Gasteiger partial charge in [-0.05, 0) is 21.9 Å². The summed E-state index contributed by atoms with van der Waals surface area (Å²) in [5.41, 5.74) is 8.75. The van der Waals surface area contributed by atoms with E-state index in [1.807, 2.05) is 66.7 Å². The van der Waals surface area contributed by atoms with E-state index in [2.05, 4.69) is 57.5 Å². The monoisotopic (exact) mass is 418 g/mol. The Labute approximate surface area is 186 Å². The zero-order valence-corrected chi connectivity index (χ0v) is 17.4. The largest absolute Gasteiger partial charge is 0.294 e. The summed E-state index contributed by atoms with van der Waals surface area (Å²) in [4.78, 5) is 12.9. The number of amides is 1. The Morgan fingerprint density at radius 2 is 1.47 bits per heavy atom. The fourth-order valence-corrected chi connectivity index (χ4v) is 4.16. The van der Waals surface area contributed by atoms with E-state index in [-0.39, 0.29) is 5.91 Å². The molecule has 156 valence electrons. The van der Waals surface area contributed by atoms with Gasteiger partial charge in [-0.25, -0.2) is 5.43 Å². The molecule has 5 nitrogen and oxygen atoms in total. The summed E-state index contributed by atoms with van der Waals surface area (Å²) in [6.45, 7) is 0. The predicted molar refractivity (Wildman–Crippen MR) is 129 cm³/mol. The molecule has 4 aromatic carbocycles. The van der Waals surface area contributed by atoms with Crippen molar-refractivity contribution in [2.75, 3.05) is 0 Å². The fraction of sp³-hybridized carbons (Fsp3) is 0.0741. The lowest BCUT2D eigenvalue weighted by molar-refractivity contribution is -0.114. The van der Waals surface area contributed by atoms with Crippen molar-refractivity contribution in [3.05, 3.63) is 120 Å². The van der Waals surface area contributed by atoms with Crippen molar-refractivity contribution >= 4 is 28.6 Å². The molecule has 1 aliphatic rings. The van der Waals surface area contributed by atoms with Crippen LogP contribution < -0.4 is 10.9 Å². The van der Waals surface area contributed by atoms with Crippen molar-refractivity contribution in [2.45, 2.75) is 12.0 Å². The van der Waals surface area contributed by atoms with Crippen LogP contribution in [0.3, 0.4) is 0 Å². The first-order chi connectivity index (χ1) is 15.8. The summed E-state index contributed by atoms with van der Waals surface area (Å²) in [6, 6.07) is 34.2. The van der Waals surface area contributed by atoms with Crippen LogP contribution >= 0.6 is 0 Å². The number of carbonyl (C=O) groups excluding carboxylic acids is 1. The summed E-state index contributed by atoms with van der Waals surface area (Å²) < 4.78 is 0. The predicted octanol–water partition coefficient (Wildman–Crippen LogP) is 4.58. The van der Waals surface area contributed by atoms with Gasteiger partial charge in [0.05, 0.1) is 6.21 Å². The molecule has 0 radical (unpaired) electrons. The van der Waals surface area contributed by atoms with Crippen LogP contribution in [0.4, 0.5) is 0 Å². The van der Waals surface area contributed by atoms with E-state index in [1.165, 1.54) is 0 Å². The molecular weight excluding hydrogens is 396 g/mol. The second kappa shape index (κ2) is 8.47. The molecule has 5 heteroatoms. The molecule has 0 bridgehead atoms. The minimum absolute atomic E-state index is 0.317. The van der Waals surface area contributed by atoms with E-state index >= 15 is 0 Å². The number of hydrogen-bond donors (Lipinski definition) is 2. The molecule has 0 atom stereocenters. The first kappa shape index (κ1) is 19.7. The van der Waals surface area contributed by atoms with E-state index < -0.39 is 5.54 Å². The number of rotatable bonds is 5. The third-order valence-corrected chi connectivity index (χ3v) is 5.80. The Balaban J connectivity index is 1.36. The molecule has 32 heavy (non-hydrogen) atoms. The summed E-state index contributed by atoms with van der Waals surface area (Å²) in [6.07, 6.45) is 2.10. The Bertz CT molecular complexity index is 1270. The summed E-state index contributed by atoms with van der Waals surface area (Å²) in [5, 5.41) is 10.8. The molecule has 0 fully saturated rings. The molecule has 0 unspecified atom stereocenters. The van der Waals surface area contributed by atoms with Crippen molar-refractivity contribution in [1.29, 1.82) is 0 Å². The molecule has 1 aliphatic heterocycles. The molecule has 4 aromatic rings. The van der Waals surface area contributed by atoms with Gasteiger partial charge in [0.25, 0.3) is 5.91 Å². The highest BCUT2D eigenvalue weighted by Crippen LogP contribution is 2.36. The van der Waals surface area contributed by atoms with Gasteiger partial charge in [0.2, 0.25) is 0 Å². The normalized spacial score (nSPS) is 14.8. The highest BCUT2D eigenvalue weighted by molar-refractivity contribution is 6.39. The highest BCUT2D eigenvalue weighted by Gasteiger charge is 2.41. The van der Waals surface area contributed by atoms with Crippen molar-refractivity contribution in [2.24, 2.45) is 10.2 Å². The van der Waals surface area contributed by atoms with Gasteiger partial charge < -0.3 is 0 Å².